The molecule has 1 fully saturated rings. The molecular weight excluding hydrogens is 350 g/mol. The zero-order valence-electron chi connectivity index (χ0n) is 16.8. The van der Waals surface area contributed by atoms with Crippen molar-refractivity contribution in [1.82, 2.24) is 14.5 Å². The number of ether oxygens (including phenoxy) is 1. The molecule has 0 unspecified atom stereocenters. The van der Waals surface area contributed by atoms with Gasteiger partial charge in [0, 0.05) is 26.7 Å². The zero-order valence-corrected chi connectivity index (χ0v) is 17.6. The van der Waals surface area contributed by atoms with Crippen molar-refractivity contribution in [1.29, 1.82) is 0 Å². The zero-order chi connectivity index (χ0) is 19.2. The minimum absolute atomic E-state index is 0.216. The Hall–Kier alpha value is -0.920. The van der Waals surface area contributed by atoms with E-state index in [0.717, 1.165) is 37.9 Å². The molecule has 1 heterocycles. The molecule has 0 saturated heterocycles. The van der Waals surface area contributed by atoms with Crippen molar-refractivity contribution < 1.29 is 13.2 Å². The molecule has 150 valence electrons. The normalized spacial score (nSPS) is 16.7. The summed E-state index contributed by atoms with van der Waals surface area (Å²) in [5.74, 6) is 1.05. The summed E-state index contributed by atoms with van der Waals surface area (Å²) in [6, 6.07) is 0. The van der Waals surface area contributed by atoms with Gasteiger partial charge in [0.2, 0.25) is 15.0 Å². The van der Waals surface area contributed by atoms with Gasteiger partial charge >= 0.3 is 0 Å². The molecule has 0 N–H and O–H groups in total. The van der Waals surface area contributed by atoms with Crippen LogP contribution in [0.4, 0.5) is 0 Å². The van der Waals surface area contributed by atoms with Crippen LogP contribution in [0.1, 0.15) is 51.6 Å². The summed E-state index contributed by atoms with van der Waals surface area (Å²) in [7, 11) is 0.315. The summed E-state index contributed by atoms with van der Waals surface area (Å²) in [5.41, 5.74) is 0.937. The second kappa shape index (κ2) is 9.85. The number of methoxy groups -OCH3 is 1. The summed E-state index contributed by atoms with van der Waals surface area (Å²) >= 11 is 0. The predicted octanol–water partition coefficient (Wildman–Crippen LogP) is 2.97. The maximum atomic E-state index is 13.0. The van der Waals surface area contributed by atoms with Crippen molar-refractivity contribution in [2.45, 2.75) is 64.2 Å². The molecular formula is C19H35N3O3S. The van der Waals surface area contributed by atoms with Gasteiger partial charge in [0.15, 0.2) is 0 Å². The van der Waals surface area contributed by atoms with Gasteiger partial charge in [-0.25, -0.2) is 13.4 Å². The van der Waals surface area contributed by atoms with Crippen molar-refractivity contribution in [3.8, 4) is 0 Å². The predicted molar refractivity (Wildman–Crippen MR) is 104 cm³/mol. The number of rotatable bonds is 10. The Balaban J connectivity index is 2.20. The molecule has 1 aromatic rings. The molecule has 7 heteroatoms. The van der Waals surface area contributed by atoms with E-state index in [1.165, 1.54) is 6.42 Å². The Morgan fingerprint density at radius 3 is 2.62 bits per heavy atom. The Kier molecular flexibility index (Phi) is 8.10. The van der Waals surface area contributed by atoms with Crippen LogP contribution >= 0.6 is 0 Å². The minimum Gasteiger partial charge on any atom is -0.383 e. The number of imidazole rings is 1. The Morgan fingerprint density at radius 1 is 1.31 bits per heavy atom. The molecule has 6 nitrogen and oxygen atoms in total. The number of hydrogen-bond donors (Lipinski definition) is 0. The van der Waals surface area contributed by atoms with Gasteiger partial charge in [-0.05, 0) is 31.7 Å². The van der Waals surface area contributed by atoms with Crippen LogP contribution in [0, 0.1) is 11.8 Å². The fourth-order valence-electron chi connectivity index (χ4n) is 3.89. The quantitative estimate of drug-likeness (QED) is 0.619. The average molecular weight is 386 g/mol. The van der Waals surface area contributed by atoms with Crippen LogP contribution in [0.25, 0.3) is 0 Å². The van der Waals surface area contributed by atoms with E-state index in [9.17, 15) is 8.42 Å². The fraction of sp³-hybridized carbons (Fsp3) is 0.842. The van der Waals surface area contributed by atoms with E-state index in [2.05, 4.69) is 30.8 Å². The highest BCUT2D eigenvalue weighted by atomic mass is 32.2. The largest absolute Gasteiger partial charge is 0.383 e. The number of aromatic nitrogens is 2. The third-order valence-electron chi connectivity index (χ3n) is 4.99. The van der Waals surface area contributed by atoms with Gasteiger partial charge in [0.25, 0.3) is 0 Å². The highest BCUT2D eigenvalue weighted by molar-refractivity contribution is 7.91. The minimum atomic E-state index is -3.38. The van der Waals surface area contributed by atoms with Gasteiger partial charge < -0.3 is 14.2 Å². The lowest BCUT2D eigenvalue weighted by atomic mass is 9.91. The van der Waals surface area contributed by atoms with E-state index in [4.69, 9.17) is 4.74 Å². The van der Waals surface area contributed by atoms with Crippen molar-refractivity contribution in [2.75, 3.05) is 33.1 Å². The maximum Gasteiger partial charge on any atom is 0.227 e. The number of sulfone groups is 1. The molecule has 26 heavy (non-hydrogen) atoms. The van der Waals surface area contributed by atoms with Gasteiger partial charge in [0.05, 0.1) is 24.3 Å². The van der Waals surface area contributed by atoms with E-state index < -0.39 is 9.84 Å². The highest BCUT2D eigenvalue weighted by Gasteiger charge is 2.28. The lowest BCUT2D eigenvalue weighted by Crippen LogP contribution is -2.26. The van der Waals surface area contributed by atoms with Crippen LogP contribution in [0.2, 0.25) is 0 Å². The molecule has 0 aromatic carbocycles. The third kappa shape index (κ3) is 6.06. The maximum absolute atomic E-state index is 13.0. The summed E-state index contributed by atoms with van der Waals surface area (Å²) in [6.07, 6.45) is 7.27. The molecule has 2 rings (SSSR count). The molecule has 0 amide bonds. The highest BCUT2D eigenvalue weighted by Crippen LogP contribution is 2.27. The summed E-state index contributed by atoms with van der Waals surface area (Å²) in [6.45, 7) is 6.99. The molecule has 1 aliphatic rings. The Morgan fingerprint density at radius 2 is 2.00 bits per heavy atom. The van der Waals surface area contributed by atoms with Crippen LogP contribution < -0.4 is 0 Å². The molecule has 0 bridgehead atoms. The Labute approximate surface area is 158 Å². The van der Waals surface area contributed by atoms with Crippen LogP contribution in [-0.2, 0) is 27.7 Å². The van der Waals surface area contributed by atoms with Gasteiger partial charge in [-0.2, -0.15) is 0 Å². The van der Waals surface area contributed by atoms with E-state index in [1.807, 2.05) is 4.57 Å². The van der Waals surface area contributed by atoms with Crippen LogP contribution in [0.3, 0.4) is 0 Å². The smallest absolute Gasteiger partial charge is 0.227 e. The van der Waals surface area contributed by atoms with Gasteiger partial charge in [-0.1, -0.05) is 33.1 Å². The van der Waals surface area contributed by atoms with Gasteiger partial charge in [-0.3, -0.25) is 0 Å². The second-order valence-electron chi connectivity index (χ2n) is 8.05. The lowest BCUT2D eigenvalue weighted by Gasteiger charge is -2.22. The third-order valence-corrected chi connectivity index (χ3v) is 6.78. The van der Waals surface area contributed by atoms with Crippen molar-refractivity contribution >= 4 is 9.84 Å². The van der Waals surface area contributed by atoms with Gasteiger partial charge in [0.1, 0.15) is 0 Å². The molecule has 1 saturated carbocycles. The van der Waals surface area contributed by atoms with Crippen LogP contribution in [-0.4, -0.2) is 55.9 Å². The molecule has 1 aromatic heterocycles. The monoisotopic (exact) mass is 385 g/mol. The number of hydrogen-bond acceptors (Lipinski definition) is 5. The average Bonchev–Trinajstić information content (AvgIpc) is 2.96. The molecule has 0 spiro atoms. The van der Waals surface area contributed by atoms with Crippen molar-refractivity contribution in [3.05, 3.63) is 11.9 Å². The van der Waals surface area contributed by atoms with E-state index in [-0.39, 0.29) is 16.8 Å². The first-order valence-electron chi connectivity index (χ1n) is 9.78. The van der Waals surface area contributed by atoms with Gasteiger partial charge in [-0.15, -0.1) is 0 Å². The fourth-order valence-corrected chi connectivity index (χ4v) is 5.75. The first-order chi connectivity index (χ1) is 12.3. The molecule has 0 atom stereocenters. The summed E-state index contributed by atoms with van der Waals surface area (Å²) in [4.78, 5) is 6.54. The molecule has 0 radical (unpaired) electrons. The van der Waals surface area contributed by atoms with E-state index >= 15 is 0 Å². The molecule has 0 aliphatic heterocycles. The summed E-state index contributed by atoms with van der Waals surface area (Å²) < 4.78 is 33.1. The first kappa shape index (κ1) is 21.4. The number of nitrogens with zero attached hydrogens (tertiary/aromatic N) is 3. The van der Waals surface area contributed by atoms with Crippen molar-refractivity contribution in [2.24, 2.45) is 11.8 Å². The van der Waals surface area contributed by atoms with E-state index in [1.54, 1.807) is 13.3 Å². The standard InChI is InChI=1S/C19H35N3O3S/c1-16(2)13-21(3)14-18-12-20-19(22(18)10-11-25-4)26(23,24)15-17-8-6-5-7-9-17/h12,16-17H,5-11,13-15H2,1-4H3. The SMILES string of the molecule is COCCn1c(CN(C)CC(C)C)cnc1S(=O)(=O)CC1CCCCC1. The lowest BCUT2D eigenvalue weighted by molar-refractivity contribution is 0.181. The van der Waals surface area contributed by atoms with E-state index in [0.29, 0.717) is 25.6 Å². The second-order valence-corrected chi connectivity index (χ2v) is 9.98. The first-order valence-corrected chi connectivity index (χ1v) is 11.4. The van der Waals surface area contributed by atoms with Crippen LogP contribution in [0.5, 0.6) is 0 Å². The molecule has 1 aliphatic carbocycles. The Bertz CT molecular complexity index is 649. The summed E-state index contributed by atoms with van der Waals surface area (Å²) in [5, 5.41) is 0.216. The van der Waals surface area contributed by atoms with Crippen molar-refractivity contribution in [3.63, 3.8) is 0 Å². The topological polar surface area (TPSA) is 64.4 Å². The van der Waals surface area contributed by atoms with Crippen LogP contribution in [0.15, 0.2) is 11.4 Å².